The number of aromatic nitrogens is 1. The first kappa shape index (κ1) is 19.8. The van der Waals surface area contributed by atoms with Crippen molar-refractivity contribution in [2.75, 3.05) is 19.5 Å². The molecule has 0 atom stereocenters. The topological polar surface area (TPSA) is 73.6 Å². The number of nitrogens with one attached hydrogen (secondary N) is 1. The molecule has 4 aromatic rings. The summed E-state index contributed by atoms with van der Waals surface area (Å²) in [5, 5.41) is 4.01. The second kappa shape index (κ2) is 8.08. The number of para-hydroxylation sites is 1. The lowest BCUT2D eigenvalue weighted by atomic mass is 10.1. The third-order valence-electron chi connectivity index (χ3n) is 4.68. The summed E-state index contributed by atoms with van der Waals surface area (Å²) in [7, 11) is 3.01. The molecule has 0 aliphatic carbocycles. The van der Waals surface area contributed by atoms with Gasteiger partial charge in [0.2, 0.25) is 0 Å². The molecular weight excluding hydrogens is 404 g/mol. The van der Waals surface area contributed by atoms with Crippen molar-refractivity contribution in [3.8, 4) is 23.0 Å². The van der Waals surface area contributed by atoms with Gasteiger partial charge >= 0.3 is 0 Å². The summed E-state index contributed by atoms with van der Waals surface area (Å²) in [4.78, 5) is 17.9. The zero-order chi connectivity index (χ0) is 21.3. The Morgan fingerprint density at radius 2 is 1.80 bits per heavy atom. The maximum atomic E-state index is 13.3. The fourth-order valence-corrected chi connectivity index (χ4v) is 3.44. The molecule has 1 amide bonds. The molecule has 2 aromatic heterocycles. The molecule has 6 nitrogen and oxygen atoms in total. The Morgan fingerprint density at radius 1 is 1.03 bits per heavy atom. The molecule has 2 heterocycles. The van der Waals surface area contributed by atoms with Crippen molar-refractivity contribution in [3.05, 3.63) is 70.9 Å². The van der Waals surface area contributed by atoms with E-state index in [1.165, 1.54) is 14.2 Å². The van der Waals surface area contributed by atoms with Crippen LogP contribution < -0.4 is 14.8 Å². The minimum atomic E-state index is -0.319. The second-order valence-electron chi connectivity index (χ2n) is 6.62. The number of furan rings is 1. The maximum Gasteiger partial charge on any atom is 0.256 e. The Labute approximate surface area is 178 Å². The fourth-order valence-electron chi connectivity index (χ4n) is 3.21. The number of methoxy groups -OCH3 is 2. The Morgan fingerprint density at radius 3 is 2.50 bits per heavy atom. The van der Waals surface area contributed by atoms with Crippen LogP contribution in [0.1, 0.15) is 16.1 Å². The molecule has 2 aromatic carbocycles. The number of hydrogen-bond donors (Lipinski definition) is 1. The fraction of sp³-hybridized carbons (Fsp3) is 0.130. The molecule has 152 valence electrons. The Bertz CT molecular complexity index is 1250. The zero-order valence-corrected chi connectivity index (χ0v) is 17.4. The largest absolute Gasteiger partial charge is 0.495 e. The van der Waals surface area contributed by atoms with Gasteiger partial charge in [-0.1, -0.05) is 29.8 Å². The van der Waals surface area contributed by atoms with Crippen LogP contribution in [0, 0.1) is 6.92 Å². The van der Waals surface area contributed by atoms with Crippen molar-refractivity contribution < 1.29 is 18.7 Å². The number of pyridine rings is 1. The van der Waals surface area contributed by atoms with Gasteiger partial charge in [0.15, 0.2) is 5.76 Å². The number of rotatable bonds is 5. The molecule has 0 spiro atoms. The van der Waals surface area contributed by atoms with E-state index in [4.69, 9.17) is 25.5 Å². The highest BCUT2D eigenvalue weighted by atomic mass is 35.5. The monoisotopic (exact) mass is 422 g/mol. The van der Waals surface area contributed by atoms with Gasteiger partial charge in [0.1, 0.15) is 23.0 Å². The highest BCUT2D eigenvalue weighted by Crippen LogP contribution is 2.36. The molecule has 0 aliphatic rings. The van der Waals surface area contributed by atoms with Gasteiger partial charge in [-0.25, -0.2) is 4.98 Å². The standard InChI is InChI=1S/C23H19ClN2O4/c1-13-8-9-20(30-13)18-10-15(14-6-4-5-7-17(14)25-18)23(27)26-19-12-21(28-2)16(24)11-22(19)29-3/h4-12H,1-3H3,(H,26,27). The van der Waals surface area contributed by atoms with Gasteiger partial charge in [0.05, 0.1) is 36.0 Å². The zero-order valence-electron chi connectivity index (χ0n) is 16.7. The highest BCUT2D eigenvalue weighted by molar-refractivity contribution is 6.32. The van der Waals surface area contributed by atoms with Crippen LogP contribution in [0.3, 0.4) is 0 Å². The van der Waals surface area contributed by atoms with E-state index in [0.29, 0.717) is 44.7 Å². The Balaban J connectivity index is 1.80. The molecule has 0 aliphatic heterocycles. The van der Waals surface area contributed by atoms with Crippen molar-refractivity contribution in [2.24, 2.45) is 0 Å². The average molecular weight is 423 g/mol. The average Bonchev–Trinajstić information content (AvgIpc) is 3.20. The molecule has 0 unspecified atom stereocenters. The number of fused-ring (bicyclic) bond motifs is 1. The second-order valence-corrected chi connectivity index (χ2v) is 7.03. The minimum absolute atomic E-state index is 0.319. The number of aryl methyl sites for hydroxylation is 1. The van der Waals surface area contributed by atoms with E-state index in [1.54, 1.807) is 18.2 Å². The van der Waals surface area contributed by atoms with E-state index in [-0.39, 0.29) is 5.91 Å². The van der Waals surface area contributed by atoms with Gasteiger partial charge in [0.25, 0.3) is 5.91 Å². The number of benzene rings is 2. The van der Waals surface area contributed by atoms with Crippen molar-refractivity contribution >= 4 is 34.1 Å². The number of carbonyl (C=O) groups excluding carboxylic acids is 1. The van der Waals surface area contributed by atoms with E-state index in [9.17, 15) is 4.79 Å². The molecule has 4 rings (SSSR count). The predicted molar refractivity (Wildman–Crippen MR) is 117 cm³/mol. The third kappa shape index (κ3) is 3.69. The van der Waals surface area contributed by atoms with Gasteiger partial charge in [0, 0.05) is 17.5 Å². The summed E-state index contributed by atoms with van der Waals surface area (Å²) in [5.74, 6) is 1.90. The number of carbonyl (C=O) groups is 1. The maximum absolute atomic E-state index is 13.3. The number of hydrogen-bond acceptors (Lipinski definition) is 5. The Kier molecular flexibility index (Phi) is 5.33. The summed E-state index contributed by atoms with van der Waals surface area (Å²) in [6.07, 6.45) is 0. The van der Waals surface area contributed by atoms with Gasteiger partial charge < -0.3 is 19.2 Å². The summed E-state index contributed by atoms with van der Waals surface area (Å²) in [6.45, 7) is 1.86. The van der Waals surface area contributed by atoms with Crippen LogP contribution in [-0.4, -0.2) is 25.1 Å². The molecule has 1 N–H and O–H groups in total. The normalized spacial score (nSPS) is 10.8. The smallest absolute Gasteiger partial charge is 0.256 e. The van der Waals surface area contributed by atoms with Crippen LogP contribution in [0.25, 0.3) is 22.4 Å². The quantitative estimate of drug-likeness (QED) is 0.444. The van der Waals surface area contributed by atoms with Gasteiger partial charge in [-0.2, -0.15) is 0 Å². The number of amides is 1. The SMILES string of the molecule is COc1cc(NC(=O)c2cc(-c3ccc(C)o3)nc3ccccc23)c(OC)cc1Cl. The van der Waals surface area contributed by atoms with E-state index in [1.807, 2.05) is 43.3 Å². The van der Waals surface area contributed by atoms with E-state index >= 15 is 0 Å². The molecule has 0 bridgehead atoms. The molecule has 0 saturated heterocycles. The van der Waals surface area contributed by atoms with Crippen LogP contribution >= 0.6 is 11.6 Å². The third-order valence-corrected chi connectivity index (χ3v) is 4.97. The number of nitrogens with zero attached hydrogens (tertiary/aromatic N) is 1. The Hall–Kier alpha value is -3.51. The summed E-state index contributed by atoms with van der Waals surface area (Å²) >= 11 is 6.17. The number of anilines is 1. The lowest BCUT2D eigenvalue weighted by Gasteiger charge is -2.14. The van der Waals surface area contributed by atoms with Crippen molar-refractivity contribution in [1.29, 1.82) is 0 Å². The molecular formula is C23H19ClN2O4. The van der Waals surface area contributed by atoms with Crippen LogP contribution in [0.4, 0.5) is 5.69 Å². The van der Waals surface area contributed by atoms with Gasteiger partial charge in [-0.05, 0) is 31.2 Å². The van der Waals surface area contributed by atoms with Crippen LogP contribution in [-0.2, 0) is 0 Å². The first-order valence-corrected chi connectivity index (χ1v) is 9.57. The van der Waals surface area contributed by atoms with Crippen molar-refractivity contribution in [1.82, 2.24) is 4.98 Å². The lowest BCUT2D eigenvalue weighted by Crippen LogP contribution is -2.14. The number of halogens is 1. The first-order valence-electron chi connectivity index (χ1n) is 9.19. The van der Waals surface area contributed by atoms with Crippen LogP contribution in [0.5, 0.6) is 11.5 Å². The van der Waals surface area contributed by atoms with E-state index < -0.39 is 0 Å². The highest BCUT2D eigenvalue weighted by Gasteiger charge is 2.18. The summed E-state index contributed by atoms with van der Waals surface area (Å²) in [5.41, 5.74) is 2.17. The number of ether oxygens (including phenoxy) is 2. The molecule has 0 fully saturated rings. The van der Waals surface area contributed by atoms with Gasteiger partial charge in [-0.15, -0.1) is 0 Å². The van der Waals surface area contributed by atoms with Crippen molar-refractivity contribution in [3.63, 3.8) is 0 Å². The van der Waals surface area contributed by atoms with Crippen LogP contribution in [0.2, 0.25) is 5.02 Å². The lowest BCUT2D eigenvalue weighted by molar-refractivity contribution is 0.102. The van der Waals surface area contributed by atoms with E-state index in [2.05, 4.69) is 10.3 Å². The minimum Gasteiger partial charge on any atom is -0.495 e. The molecule has 30 heavy (non-hydrogen) atoms. The molecule has 0 radical (unpaired) electrons. The first-order chi connectivity index (χ1) is 14.5. The summed E-state index contributed by atoms with van der Waals surface area (Å²) < 4.78 is 16.3. The summed E-state index contributed by atoms with van der Waals surface area (Å²) in [6, 6.07) is 16.1. The van der Waals surface area contributed by atoms with E-state index in [0.717, 1.165) is 11.1 Å². The molecule has 7 heteroatoms. The van der Waals surface area contributed by atoms with Crippen molar-refractivity contribution in [2.45, 2.75) is 6.92 Å². The van der Waals surface area contributed by atoms with Crippen LogP contribution in [0.15, 0.2) is 59.0 Å². The van der Waals surface area contributed by atoms with Gasteiger partial charge in [-0.3, -0.25) is 4.79 Å². The predicted octanol–water partition coefficient (Wildman–Crippen LogP) is 5.73. The molecule has 0 saturated carbocycles.